The Hall–Kier alpha value is -2.60. The molecular weight excluding hydrogens is 324 g/mol. The Morgan fingerprint density at radius 3 is 1.44 bits per heavy atom. The van der Waals surface area contributed by atoms with Gasteiger partial charge < -0.3 is 0 Å². The lowest BCUT2D eigenvalue weighted by Gasteiger charge is -2.07. The molecule has 0 saturated carbocycles. The number of aryl methyl sites for hydroxylation is 3. The molecule has 0 radical (unpaired) electrons. The average Bonchev–Trinajstić information content (AvgIpc) is 2.72. The predicted octanol–water partition coefficient (Wildman–Crippen LogP) is 7.51. The lowest BCUT2D eigenvalue weighted by Crippen LogP contribution is -1.92. The Morgan fingerprint density at radius 1 is 0.630 bits per heavy atom. The second-order valence-corrected chi connectivity index (χ2v) is 7.47. The van der Waals surface area contributed by atoms with Crippen molar-refractivity contribution < 1.29 is 0 Å². The molecule has 0 saturated heterocycles. The minimum absolute atomic E-state index is 1.07. The summed E-state index contributed by atoms with van der Waals surface area (Å²) in [6.45, 7) is 8.29. The maximum atomic E-state index is 4.00. The molecule has 0 unspecified atom stereocenters. The van der Waals surface area contributed by atoms with Gasteiger partial charge in [-0.25, -0.2) is 0 Å². The molecule has 0 bridgehead atoms. The zero-order valence-electron chi connectivity index (χ0n) is 16.7. The first-order chi connectivity index (χ1) is 13.2. The van der Waals surface area contributed by atoms with E-state index in [-0.39, 0.29) is 0 Å². The Balaban J connectivity index is 1.59. The molecule has 0 atom stereocenters. The zero-order valence-corrected chi connectivity index (χ0v) is 16.7. The molecule has 0 aliphatic rings. The number of unbranched alkanes of at least 4 members (excludes halogenated alkanes) is 1. The molecule has 0 fully saturated rings. The smallest absolute Gasteiger partial charge is 0.0184 e. The van der Waals surface area contributed by atoms with E-state index in [0.717, 1.165) is 18.4 Å². The monoisotopic (exact) mass is 354 g/mol. The molecule has 0 amide bonds. The first-order valence-corrected chi connectivity index (χ1v) is 10.1. The molecule has 3 rings (SSSR count). The number of hydrogen-bond acceptors (Lipinski definition) is 0. The van der Waals surface area contributed by atoms with E-state index in [9.17, 15) is 0 Å². The highest BCUT2D eigenvalue weighted by atomic mass is 14.1. The maximum absolute atomic E-state index is 4.00. The number of hydrogen-bond donors (Lipinski definition) is 0. The quantitative estimate of drug-likeness (QED) is 0.392. The van der Waals surface area contributed by atoms with Crippen LogP contribution in [0.1, 0.15) is 48.9 Å². The van der Waals surface area contributed by atoms with Crippen molar-refractivity contribution in [1.82, 2.24) is 0 Å². The van der Waals surface area contributed by atoms with Gasteiger partial charge in [0, 0.05) is 0 Å². The molecule has 0 aliphatic carbocycles. The van der Waals surface area contributed by atoms with Crippen molar-refractivity contribution in [3.63, 3.8) is 0 Å². The van der Waals surface area contributed by atoms with Crippen LogP contribution in [-0.4, -0.2) is 0 Å². The summed E-state index contributed by atoms with van der Waals surface area (Å²) in [5, 5.41) is 0. The molecule has 0 N–H and O–H groups in total. The molecule has 27 heavy (non-hydrogen) atoms. The highest BCUT2D eigenvalue weighted by Gasteiger charge is 2.01. The van der Waals surface area contributed by atoms with Crippen molar-refractivity contribution in [2.45, 2.75) is 46.0 Å². The molecule has 138 valence electrons. The van der Waals surface area contributed by atoms with Crippen molar-refractivity contribution in [3.05, 3.63) is 102 Å². The van der Waals surface area contributed by atoms with Gasteiger partial charge in [-0.1, -0.05) is 98.3 Å². The van der Waals surface area contributed by atoms with Gasteiger partial charge in [0.1, 0.15) is 0 Å². The van der Waals surface area contributed by atoms with E-state index >= 15 is 0 Å². The second kappa shape index (κ2) is 9.37. The normalized spacial score (nSPS) is 10.7. The van der Waals surface area contributed by atoms with Crippen molar-refractivity contribution in [1.29, 1.82) is 0 Å². The molecule has 3 aromatic rings. The first-order valence-electron chi connectivity index (χ1n) is 10.1. The largest absolute Gasteiger partial charge is 0.0955 e. The fourth-order valence-corrected chi connectivity index (χ4v) is 3.35. The van der Waals surface area contributed by atoms with E-state index in [4.69, 9.17) is 0 Å². The van der Waals surface area contributed by atoms with Crippen LogP contribution in [-0.2, 0) is 19.3 Å². The van der Waals surface area contributed by atoms with Gasteiger partial charge in [0.15, 0.2) is 0 Å². The summed E-state index contributed by atoms with van der Waals surface area (Å²) in [5.74, 6) is 0. The second-order valence-electron chi connectivity index (χ2n) is 7.47. The van der Waals surface area contributed by atoms with Crippen LogP contribution < -0.4 is 0 Å². The maximum Gasteiger partial charge on any atom is -0.0184 e. The highest BCUT2D eigenvalue weighted by Crippen LogP contribution is 2.22. The molecule has 0 nitrogen and oxygen atoms in total. The molecule has 0 aliphatic heterocycles. The molecule has 0 spiro atoms. The van der Waals surface area contributed by atoms with E-state index in [1.165, 1.54) is 52.6 Å². The van der Waals surface area contributed by atoms with Gasteiger partial charge in [0.2, 0.25) is 0 Å². The number of benzene rings is 3. The van der Waals surface area contributed by atoms with Crippen LogP contribution in [0.3, 0.4) is 0 Å². The third-order valence-corrected chi connectivity index (χ3v) is 5.21. The average molecular weight is 355 g/mol. The lowest BCUT2D eigenvalue weighted by molar-refractivity contribution is 0.795. The minimum Gasteiger partial charge on any atom is -0.0955 e. The van der Waals surface area contributed by atoms with E-state index < -0.39 is 0 Å². The molecule has 0 heterocycles. The van der Waals surface area contributed by atoms with E-state index in [2.05, 4.69) is 93.2 Å². The van der Waals surface area contributed by atoms with Gasteiger partial charge >= 0.3 is 0 Å². The molecule has 0 aromatic heterocycles. The first kappa shape index (κ1) is 19.2. The van der Waals surface area contributed by atoms with Gasteiger partial charge in [0.05, 0.1) is 0 Å². The van der Waals surface area contributed by atoms with E-state index in [1.807, 2.05) is 0 Å². The standard InChI is InChI=1S/C27H30/c1-4-5-6-22-11-17-26(18-12-22)27-19-13-24(14-20-27)8-7-23-9-15-25(16-10-23)21(2)3/h9-20H,2,4-8H2,1,3H3. The van der Waals surface area contributed by atoms with Gasteiger partial charge in [-0.15, -0.1) is 0 Å². The summed E-state index contributed by atoms with van der Waals surface area (Å²) < 4.78 is 0. The molecule has 3 aromatic carbocycles. The van der Waals surface area contributed by atoms with Gasteiger partial charge in [-0.05, 0) is 66.0 Å². The van der Waals surface area contributed by atoms with Crippen LogP contribution in [0.4, 0.5) is 0 Å². The minimum atomic E-state index is 1.07. The van der Waals surface area contributed by atoms with Crippen LogP contribution >= 0.6 is 0 Å². The summed E-state index contributed by atoms with van der Waals surface area (Å²) in [4.78, 5) is 0. The van der Waals surface area contributed by atoms with Crippen molar-refractivity contribution in [2.75, 3.05) is 0 Å². The van der Waals surface area contributed by atoms with E-state index in [1.54, 1.807) is 0 Å². The Bertz CT molecular complexity index is 849. The van der Waals surface area contributed by atoms with Crippen molar-refractivity contribution >= 4 is 5.57 Å². The zero-order chi connectivity index (χ0) is 19.1. The van der Waals surface area contributed by atoms with Crippen LogP contribution in [0, 0.1) is 0 Å². The predicted molar refractivity (Wildman–Crippen MR) is 119 cm³/mol. The number of allylic oxidation sites excluding steroid dienone is 1. The highest BCUT2D eigenvalue weighted by molar-refractivity contribution is 5.64. The van der Waals surface area contributed by atoms with Gasteiger partial charge in [0.25, 0.3) is 0 Å². The summed E-state index contributed by atoms with van der Waals surface area (Å²) in [5.41, 5.74) is 9.16. The fourth-order valence-electron chi connectivity index (χ4n) is 3.35. The summed E-state index contributed by atoms with van der Waals surface area (Å²) in [6.07, 6.45) is 5.85. The Morgan fingerprint density at radius 2 is 1.04 bits per heavy atom. The Kier molecular flexibility index (Phi) is 6.65. The van der Waals surface area contributed by atoms with Crippen LogP contribution in [0.5, 0.6) is 0 Å². The fraction of sp³-hybridized carbons (Fsp3) is 0.259. The van der Waals surface area contributed by atoms with Crippen LogP contribution in [0.15, 0.2) is 79.4 Å². The molecular formula is C27H30. The summed E-state index contributed by atoms with van der Waals surface area (Å²) in [7, 11) is 0. The van der Waals surface area contributed by atoms with E-state index in [0.29, 0.717) is 0 Å². The SMILES string of the molecule is C=C(C)c1ccc(CCc2ccc(-c3ccc(CCCC)cc3)cc2)cc1. The van der Waals surface area contributed by atoms with Crippen molar-refractivity contribution in [3.8, 4) is 11.1 Å². The Labute approximate surface area is 164 Å². The van der Waals surface area contributed by atoms with Crippen molar-refractivity contribution in [2.24, 2.45) is 0 Å². The third kappa shape index (κ3) is 5.44. The lowest BCUT2D eigenvalue weighted by atomic mass is 9.98. The molecule has 0 heteroatoms. The number of rotatable bonds is 8. The summed E-state index contributed by atoms with van der Waals surface area (Å²) in [6, 6.07) is 26.9. The third-order valence-electron chi connectivity index (χ3n) is 5.21. The van der Waals surface area contributed by atoms with Gasteiger partial charge in [-0.2, -0.15) is 0 Å². The van der Waals surface area contributed by atoms with Gasteiger partial charge in [-0.3, -0.25) is 0 Å². The summed E-state index contributed by atoms with van der Waals surface area (Å²) >= 11 is 0. The van der Waals surface area contributed by atoms with Crippen LogP contribution in [0.2, 0.25) is 0 Å². The van der Waals surface area contributed by atoms with Crippen LogP contribution in [0.25, 0.3) is 16.7 Å². The topological polar surface area (TPSA) is 0 Å².